The number of hydrogen-bond donors (Lipinski definition) is 2. The molecule has 2 saturated heterocycles. The van der Waals surface area contributed by atoms with E-state index in [1.807, 2.05) is 0 Å². The molecule has 12 nitrogen and oxygen atoms in total. The van der Waals surface area contributed by atoms with Crippen LogP contribution < -0.4 is 11.3 Å². The van der Waals surface area contributed by atoms with Crippen molar-refractivity contribution in [2.24, 2.45) is 5.73 Å². The van der Waals surface area contributed by atoms with Gasteiger partial charge in [0.05, 0.1) is 12.7 Å². The van der Waals surface area contributed by atoms with Crippen LogP contribution in [0.25, 0.3) is 11.2 Å². The Bertz CT molecular complexity index is 999. The summed E-state index contributed by atoms with van der Waals surface area (Å²) in [5.41, 5.74) is 5.40. The standard InChI is InChI=1S/C16H19N5O7/c1-6(22)25-10(12(17)23)8-9-11(28-16(2,3)27-9)15(26-8)21-5-20-7-13(21)18-4-19-14(7)24/h4-5,8-11,15H,1-3H3,(H2,17,23)(H,18,19,24)/t8-,9+,10+,11+,15+/m0/s1. The van der Waals surface area contributed by atoms with E-state index in [-0.39, 0.29) is 11.2 Å². The predicted octanol–water partition coefficient (Wildman–Crippen LogP) is -1.05. The number of fused-ring (bicyclic) bond motifs is 2. The molecule has 3 N–H and O–H groups in total. The average molecular weight is 393 g/mol. The van der Waals surface area contributed by atoms with Gasteiger partial charge in [-0.15, -0.1) is 0 Å². The van der Waals surface area contributed by atoms with Crippen LogP contribution in [0.4, 0.5) is 0 Å². The summed E-state index contributed by atoms with van der Waals surface area (Å²) in [5.74, 6) is -2.54. The first-order valence-electron chi connectivity index (χ1n) is 8.56. The second-order valence-electron chi connectivity index (χ2n) is 7.04. The van der Waals surface area contributed by atoms with Crippen molar-refractivity contribution in [3.63, 3.8) is 0 Å². The molecule has 1 amide bonds. The number of hydrogen-bond acceptors (Lipinski definition) is 9. The quantitative estimate of drug-likeness (QED) is 0.618. The lowest BCUT2D eigenvalue weighted by molar-refractivity contribution is -0.210. The number of aromatic amines is 1. The third-order valence-electron chi connectivity index (χ3n) is 4.58. The molecule has 4 heterocycles. The molecular weight excluding hydrogens is 374 g/mol. The van der Waals surface area contributed by atoms with E-state index in [0.29, 0.717) is 0 Å². The minimum atomic E-state index is -1.38. The average Bonchev–Trinajstić information content (AvgIpc) is 3.24. The minimum Gasteiger partial charge on any atom is -0.449 e. The van der Waals surface area contributed by atoms with Crippen LogP contribution in [0.15, 0.2) is 17.4 Å². The first kappa shape index (κ1) is 18.5. The molecule has 12 heteroatoms. The molecule has 2 aliphatic heterocycles. The Morgan fingerprint density at radius 2 is 2.04 bits per heavy atom. The van der Waals surface area contributed by atoms with E-state index in [1.54, 1.807) is 13.8 Å². The van der Waals surface area contributed by atoms with Crippen molar-refractivity contribution in [1.29, 1.82) is 0 Å². The van der Waals surface area contributed by atoms with E-state index in [0.717, 1.165) is 6.92 Å². The second-order valence-corrected chi connectivity index (χ2v) is 7.04. The fraction of sp³-hybridized carbons (Fsp3) is 0.562. The third-order valence-corrected chi connectivity index (χ3v) is 4.58. The van der Waals surface area contributed by atoms with Crippen LogP contribution in [0.1, 0.15) is 27.0 Å². The third kappa shape index (κ3) is 2.95. The van der Waals surface area contributed by atoms with Crippen molar-refractivity contribution in [3.05, 3.63) is 23.0 Å². The summed E-state index contributed by atoms with van der Waals surface area (Å²) in [7, 11) is 0. The molecule has 0 saturated carbocycles. The van der Waals surface area contributed by atoms with Crippen molar-refractivity contribution in [2.45, 2.75) is 57.2 Å². The number of carbonyl (C=O) groups is 2. The van der Waals surface area contributed by atoms with Crippen molar-refractivity contribution < 1.29 is 28.5 Å². The van der Waals surface area contributed by atoms with E-state index < -0.39 is 53.9 Å². The van der Waals surface area contributed by atoms with Crippen LogP contribution in [-0.2, 0) is 28.5 Å². The van der Waals surface area contributed by atoms with Crippen molar-refractivity contribution >= 4 is 23.0 Å². The van der Waals surface area contributed by atoms with Gasteiger partial charge in [-0.3, -0.25) is 19.0 Å². The predicted molar refractivity (Wildman–Crippen MR) is 90.6 cm³/mol. The highest BCUT2D eigenvalue weighted by atomic mass is 16.8. The molecule has 28 heavy (non-hydrogen) atoms. The van der Waals surface area contributed by atoms with Crippen LogP contribution >= 0.6 is 0 Å². The van der Waals surface area contributed by atoms with E-state index in [4.69, 9.17) is 24.7 Å². The molecule has 0 aromatic carbocycles. The molecule has 0 bridgehead atoms. The first-order chi connectivity index (χ1) is 13.2. The van der Waals surface area contributed by atoms with Gasteiger partial charge in [-0.1, -0.05) is 0 Å². The normalized spacial score (nSPS) is 29.5. The molecule has 4 rings (SSSR count). The number of H-pyrrole nitrogens is 1. The molecule has 0 radical (unpaired) electrons. The zero-order valence-electron chi connectivity index (χ0n) is 15.3. The molecule has 0 unspecified atom stereocenters. The van der Waals surface area contributed by atoms with Gasteiger partial charge in [0.15, 0.2) is 23.2 Å². The van der Waals surface area contributed by atoms with Crippen LogP contribution in [-0.4, -0.2) is 61.6 Å². The van der Waals surface area contributed by atoms with Gasteiger partial charge in [-0.25, -0.2) is 9.97 Å². The van der Waals surface area contributed by atoms with Gasteiger partial charge in [0.2, 0.25) is 6.10 Å². The van der Waals surface area contributed by atoms with Crippen LogP contribution in [0, 0.1) is 0 Å². The van der Waals surface area contributed by atoms with Gasteiger partial charge in [0, 0.05) is 6.92 Å². The molecule has 150 valence electrons. The number of carbonyl (C=O) groups excluding carboxylic acids is 2. The Hall–Kier alpha value is -2.83. The molecule has 2 aliphatic rings. The van der Waals surface area contributed by atoms with Crippen molar-refractivity contribution in [1.82, 2.24) is 19.5 Å². The highest BCUT2D eigenvalue weighted by Gasteiger charge is 2.59. The van der Waals surface area contributed by atoms with E-state index in [2.05, 4.69) is 15.0 Å². The maximum absolute atomic E-state index is 11.9. The molecule has 0 spiro atoms. The summed E-state index contributed by atoms with van der Waals surface area (Å²) in [4.78, 5) is 45.9. The summed E-state index contributed by atoms with van der Waals surface area (Å²) < 4.78 is 24.4. The minimum absolute atomic E-state index is 0.121. The number of primary amides is 1. The number of esters is 1. The summed E-state index contributed by atoms with van der Waals surface area (Å²) >= 11 is 0. The Morgan fingerprint density at radius 3 is 2.71 bits per heavy atom. The lowest BCUT2D eigenvalue weighted by Crippen LogP contribution is -2.48. The zero-order chi connectivity index (χ0) is 20.2. The van der Waals surface area contributed by atoms with Crippen LogP contribution in [0.5, 0.6) is 0 Å². The van der Waals surface area contributed by atoms with Gasteiger partial charge in [-0.05, 0) is 13.8 Å². The lowest BCUT2D eigenvalue weighted by Gasteiger charge is -2.27. The van der Waals surface area contributed by atoms with Gasteiger partial charge in [-0.2, -0.15) is 0 Å². The Balaban J connectivity index is 1.76. The van der Waals surface area contributed by atoms with Crippen LogP contribution in [0.3, 0.4) is 0 Å². The van der Waals surface area contributed by atoms with Crippen LogP contribution in [0.2, 0.25) is 0 Å². The smallest absolute Gasteiger partial charge is 0.303 e. The number of nitrogens with two attached hydrogens (primary N) is 1. The van der Waals surface area contributed by atoms with E-state index in [9.17, 15) is 14.4 Å². The van der Waals surface area contributed by atoms with Gasteiger partial charge in [0.25, 0.3) is 11.5 Å². The fourth-order valence-corrected chi connectivity index (χ4v) is 3.59. The molecule has 2 aromatic heterocycles. The molecule has 5 atom stereocenters. The number of amides is 1. The van der Waals surface area contributed by atoms with Crippen molar-refractivity contribution in [3.8, 4) is 0 Å². The number of nitrogens with one attached hydrogen (secondary N) is 1. The summed E-state index contributed by atoms with van der Waals surface area (Å²) in [5, 5.41) is 0. The highest BCUT2D eigenvalue weighted by molar-refractivity contribution is 5.82. The van der Waals surface area contributed by atoms with E-state index >= 15 is 0 Å². The lowest BCUT2D eigenvalue weighted by atomic mass is 10.0. The number of imidazole rings is 1. The topological polar surface area (TPSA) is 161 Å². The zero-order valence-corrected chi connectivity index (χ0v) is 15.3. The SMILES string of the molecule is CC(=O)O[C@@H](C(N)=O)[C@H]1O[C@@H](n2cnc3c(=O)[nH]cnc32)[C@@H]2OC(C)(C)O[C@@H]21. The molecule has 0 aliphatic carbocycles. The fourth-order valence-electron chi connectivity index (χ4n) is 3.59. The van der Waals surface area contributed by atoms with Gasteiger partial charge >= 0.3 is 5.97 Å². The summed E-state index contributed by atoms with van der Waals surface area (Å²) in [6.45, 7) is 4.58. The number of aromatic nitrogens is 4. The van der Waals surface area contributed by atoms with E-state index in [1.165, 1.54) is 17.2 Å². The number of nitrogens with zero attached hydrogens (tertiary/aromatic N) is 3. The number of ether oxygens (including phenoxy) is 4. The summed E-state index contributed by atoms with van der Waals surface area (Å²) in [6, 6.07) is 0. The Labute approximate surface area is 157 Å². The number of rotatable bonds is 4. The largest absolute Gasteiger partial charge is 0.449 e. The molecular formula is C16H19N5O7. The monoisotopic (exact) mass is 393 g/mol. The second kappa shape index (κ2) is 6.36. The highest BCUT2D eigenvalue weighted by Crippen LogP contribution is 2.44. The Kier molecular flexibility index (Phi) is 4.21. The summed E-state index contributed by atoms with van der Waals surface area (Å²) in [6.07, 6.45) is -2.04. The van der Waals surface area contributed by atoms with Crippen molar-refractivity contribution in [2.75, 3.05) is 0 Å². The first-order valence-corrected chi connectivity index (χ1v) is 8.56. The maximum atomic E-state index is 11.9. The van der Waals surface area contributed by atoms with Gasteiger partial charge in [0.1, 0.15) is 18.3 Å². The van der Waals surface area contributed by atoms with Gasteiger partial charge < -0.3 is 29.7 Å². The Morgan fingerprint density at radius 1 is 1.32 bits per heavy atom. The molecule has 2 fully saturated rings. The maximum Gasteiger partial charge on any atom is 0.303 e. The molecule has 2 aromatic rings.